The second-order valence-corrected chi connectivity index (χ2v) is 10.3. The van der Waals surface area contributed by atoms with Gasteiger partial charge in [0.15, 0.2) is 11.3 Å². The van der Waals surface area contributed by atoms with Crippen LogP contribution in [0.1, 0.15) is 110 Å². The topological polar surface area (TPSA) is 127 Å². The fourth-order valence-corrected chi connectivity index (χ4v) is 5.46. The first kappa shape index (κ1) is 28.1. The van der Waals surface area contributed by atoms with E-state index < -0.39 is 34.4 Å². The zero-order valence-electron chi connectivity index (χ0n) is 22.2. The van der Waals surface area contributed by atoms with Crippen molar-refractivity contribution in [2.75, 3.05) is 5.73 Å². The van der Waals surface area contributed by atoms with Crippen LogP contribution in [0.15, 0.2) is 42.5 Å². The summed E-state index contributed by atoms with van der Waals surface area (Å²) in [4.78, 5) is 55.4. The molecular weight excluding hydrogens is 468 g/mol. The molecule has 0 radical (unpaired) electrons. The Morgan fingerprint density at radius 3 is 2.27 bits per heavy atom. The summed E-state index contributed by atoms with van der Waals surface area (Å²) >= 11 is 0. The number of aliphatic carboxylic acids is 1. The van der Waals surface area contributed by atoms with Gasteiger partial charge in [0.2, 0.25) is 11.7 Å². The van der Waals surface area contributed by atoms with E-state index in [-0.39, 0.29) is 35.6 Å². The standard InChI is InChI=1S/C30H38N2O5/c1-5-7-9-16-24(33)32-30(26(34)22-14-11-15-23(31)25(22)27(30)35)29(28(36)37,17-8-6-2)21-13-10-12-20(18-21)19(3)4/h10-15,18-19H,5-9,16-17,31H2,1-4H3,(H,32,33)(H,36,37). The molecule has 0 saturated heterocycles. The van der Waals surface area contributed by atoms with Gasteiger partial charge in [0, 0.05) is 17.7 Å². The number of benzene rings is 2. The van der Waals surface area contributed by atoms with Crippen LogP contribution >= 0.6 is 0 Å². The monoisotopic (exact) mass is 506 g/mol. The third kappa shape index (κ3) is 4.67. The molecule has 0 spiro atoms. The van der Waals surface area contributed by atoms with Crippen LogP contribution in [0.3, 0.4) is 0 Å². The second-order valence-electron chi connectivity index (χ2n) is 10.3. The lowest BCUT2D eigenvalue weighted by atomic mass is 9.59. The number of unbranched alkanes of at least 4 members (excludes halogenated alkanes) is 3. The number of hydrogen-bond donors (Lipinski definition) is 3. The SMILES string of the molecule is CCCCCC(=O)NC1(C(CCCC)(C(=O)O)c2cccc(C(C)C)c2)C(=O)c2cccc(N)c2C1=O. The molecule has 0 saturated carbocycles. The zero-order chi connectivity index (χ0) is 27.4. The Morgan fingerprint density at radius 2 is 1.68 bits per heavy atom. The summed E-state index contributed by atoms with van der Waals surface area (Å²) in [5.74, 6) is -3.26. The molecule has 1 aliphatic carbocycles. The van der Waals surface area contributed by atoms with Gasteiger partial charge in [-0.1, -0.05) is 89.8 Å². The predicted molar refractivity (Wildman–Crippen MR) is 144 cm³/mol. The number of carboxylic acids is 1. The normalized spacial score (nSPS) is 18.5. The van der Waals surface area contributed by atoms with Crippen LogP contribution in [-0.2, 0) is 15.0 Å². The van der Waals surface area contributed by atoms with Gasteiger partial charge in [-0.05, 0) is 36.0 Å². The predicted octanol–water partition coefficient (Wildman–Crippen LogP) is 5.42. The summed E-state index contributed by atoms with van der Waals surface area (Å²) in [6.45, 7) is 7.89. The molecule has 7 heteroatoms. The van der Waals surface area contributed by atoms with Crippen molar-refractivity contribution in [3.8, 4) is 0 Å². The summed E-state index contributed by atoms with van der Waals surface area (Å²) in [7, 11) is 0. The number of nitrogens with two attached hydrogens (primary N) is 1. The number of ketones is 2. The molecule has 7 nitrogen and oxygen atoms in total. The van der Waals surface area contributed by atoms with E-state index >= 15 is 0 Å². The van der Waals surface area contributed by atoms with Crippen molar-refractivity contribution >= 4 is 29.1 Å². The quantitative estimate of drug-likeness (QED) is 0.200. The number of Topliss-reactive ketones (excluding diaryl/α,β-unsaturated/α-hetero) is 2. The highest BCUT2D eigenvalue weighted by Crippen LogP contribution is 2.49. The van der Waals surface area contributed by atoms with Gasteiger partial charge >= 0.3 is 5.97 Å². The van der Waals surface area contributed by atoms with Crippen LogP contribution in [0.2, 0.25) is 0 Å². The highest BCUT2D eigenvalue weighted by Gasteiger charge is 2.70. The van der Waals surface area contributed by atoms with Crippen LogP contribution in [0.4, 0.5) is 5.69 Å². The molecule has 0 aliphatic heterocycles. The molecule has 1 aliphatic rings. The number of carboxylic acid groups (broad SMARTS) is 1. The Hall–Kier alpha value is -3.48. The molecule has 1 amide bonds. The van der Waals surface area contributed by atoms with Crippen molar-refractivity contribution in [1.82, 2.24) is 5.32 Å². The smallest absolute Gasteiger partial charge is 0.317 e. The van der Waals surface area contributed by atoms with Crippen LogP contribution in [0, 0.1) is 0 Å². The first-order valence-electron chi connectivity index (χ1n) is 13.2. The highest BCUT2D eigenvalue weighted by atomic mass is 16.4. The molecule has 0 fully saturated rings. The molecule has 3 rings (SSSR count). The second kappa shape index (κ2) is 11.3. The number of hydrogen-bond acceptors (Lipinski definition) is 5. The minimum atomic E-state index is -2.36. The lowest BCUT2D eigenvalue weighted by Crippen LogP contribution is -2.71. The van der Waals surface area contributed by atoms with Gasteiger partial charge in [0.1, 0.15) is 5.41 Å². The lowest BCUT2D eigenvalue weighted by Gasteiger charge is -2.44. The molecule has 2 unspecified atom stereocenters. The third-order valence-corrected chi connectivity index (χ3v) is 7.54. The van der Waals surface area contributed by atoms with Gasteiger partial charge in [-0.3, -0.25) is 19.2 Å². The van der Waals surface area contributed by atoms with Crippen molar-refractivity contribution in [3.05, 3.63) is 64.7 Å². The van der Waals surface area contributed by atoms with Crippen molar-refractivity contribution in [2.45, 2.75) is 89.5 Å². The van der Waals surface area contributed by atoms with Gasteiger partial charge in [0.05, 0.1) is 5.56 Å². The average Bonchev–Trinajstić information content (AvgIpc) is 3.08. The molecular formula is C30H38N2O5. The zero-order valence-corrected chi connectivity index (χ0v) is 22.2. The molecule has 2 atom stereocenters. The molecule has 198 valence electrons. The Labute approximate surface area is 218 Å². The Morgan fingerprint density at radius 1 is 1.00 bits per heavy atom. The van der Waals surface area contributed by atoms with E-state index in [4.69, 9.17) is 5.73 Å². The van der Waals surface area contributed by atoms with E-state index in [0.717, 1.165) is 18.4 Å². The molecule has 2 aromatic rings. The van der Waals surface area contributed by atoms with Gasteiger partial charge in [-0.25, -0.2) is 0 Å². The number of rotatable bonds is 12. The summed E-state index contributed by atoms with van der Waals surface area (Å²) in [5, 5.41) is 13.7. The van der Waals surface area contributed by atoms with Gasteiger partial charge in [0.25, 0.3) is 0 Å². The Balaban J connectivity index is 2.38. The highest BCUT2D eigenvalue weighted by molar-refractivity contribution is 6.38. The van der Waals surface area contributed by atoms with Crippen LogP contribution < -0.4 is 11.1 Å². The average molecular weight is 507 g/mol. The molecule has 4 N–H and O–H groups in total. The summed E-state index contributed by atoms with van der Waals surface area (Å²) < 4.78 is 0. The largest absolute Gasteiger partial charge is 0.480 e. The number of nitrogens with one attached hydrogen (secondary N) is 1. The van der Waals surface area contributed by atoms with E-state index in [1.54, 1.807) is 24.3 Å². The number of carbonyl (C=O) groups is 4. The molecule has 0 bridgehead atoms. The van der Waals surface area contributed by atoms with Gasteiger partial charge in [-0.2, -0.15) is 0 Å². The fourth-order valence-electron chi connectivity index (χ4n) is 5.46. The van der Waals surface area contributed by atoms with E-state index in [2.05, 4.69) is 5.32 Å². The number of amides is 1. The first-order chi connectivity index (χ1) is 17.6. The third-order valence-electron chi connectivity index (χ3n) is 7.54. The van der Waals surface area contributed by atoms with Crippen molar-refractivity contribution in [3.63, 3.8) is 0 Å². The van der Waals surface area contributed by atoms with Gasteiger partial charge < -0.3 is 16.2 Å². The fraction of sp³-hybridized carbons (Fsp3) is 0.467. The molecule has 0 aromatic heterocycles. The van der Waals surface area contributed by atoms with Crippen molar-refractivity contribution in [1.29, 1.82) is 0 Å². The molecule has 37 heavy (non-hydrogen) atoms. The van der Waals surface area contributed by atoms with Crippen LogP contribution in [0.5, 0.6) is 0 Å². The molecule has 2 aromatic carbocycles. The summed E-state index contributed by atoms with van der Waals surface area (Å²) in [5.41, 5.74) is 3.07. The Kier molecular flexibility index (Phi) is 8.57. The number of nitrogen functional groups attached to an aromatic ring is 1. The molecule has 0 heterocycles. The van der Waals surface area contributed by atoms with E-state index in [9.17, 15) is 24.3 Å². The lowest BCUT2D eigenvalue weighted by molar-refractivity contribution is -0.147. The Bertz CT molecular complexity index is 1200. The van der Waals surface area contributed by atoms with Crippen LogP contribution in [0.25, 0.3) is 0 Å². The summed E-state index contributed by atoms with van der Waals surface area (Å²) in [6, 6.07) is 11.6. The summed E-state index contributed by atoms with van der Waals surface area (Å²) in [6.07, 6.45) is 3.38. The number of carbonyl (C=O) groups excluding carboxylic acids is 3. The van der Waals surface area contributed by atoms with Crippen LogP contribution in [-0.4, -0.2) is 34.1 Å². The van der Waals surface area contributed by atoms with Gasteiger partial charge in [-0.15, -0.1) is 0 Å². The minimum Gasteiger partial charge on any atom is -0.480 e. The first-order valence-corrected chi connectivity index (χ1v) is 13.2. The maximum atomic E-state index is 14.3. The number of fused-ring (bicyclic) bond motifs is 1. The van der Waals surface area contributed by atoms with E-state index in [1.165, 1.54) is 12.1 Å². The van der Waals surface area contributed by atoms with Crippen molar-refractivity contribution in [2.24, 2.45) is 0 Å². The van der Waals surface area contributed by atoms with Crippen molar-refractivity contribution < 1.29 is 24.3 Å². The van der Waals surface area contributed by atoms with E-state index in [1.807, 2.05) is 33.8 Å². The van der Waals surface area contributed by atoms with E-state index in [0.29, 0.717) is 24.8 Å². The maximum absolute atomic E-state index is 14.3. The minimum absolute atomic E-state index is 0.0129. The maximum Gasteiger partial charge on any atom is 0.317 e. The number of anilines is 1.